The molecule has 2 aromatic rings. The molecule has 2 rings (SSSR count). The third-order valence-electron chi connectivity index (χ3n) is 2.73. The van der Waals surface area contributed by atoms with Gasteiger partial charge in [0.1, 0.15) is 18.4 Å². The van der Waals surface area contributed by atoms with Crippen LogP contribution in [0.3, 0.4) is 0 Å². The average Bonchev–Trinajstić information content (AvgIpc) is 2.87. The van der Waals surface area contributed by atoms with E-state index in [2.05, 4.69) is 26.0 Å². The number of hydrogen-bond acceptors (Lipinski definition) is 3. The summed E-state index contributed by atoms with van der Waals surface area (Å²) in [4.78, 5) is 16.5. The van der Waals surface area contributed by atoms with Gasteiger partial charge in [-0.05, 0) is 23.8 Å². The number of benzene rings is 1. The second-order valence-corrected chi connectivity index (χ2v) is 6.42. The number of hydrogen-bond donors (Lipinski definition) is 0. The van der Waals surface area contributed by atoms with E-state index in [0.29, 0.717) is 5.70 Å². The maximum absolute atomic E-state index is 12.6. The highest BCUT2D eigenvalue weighted by atomic mass is 79.9. The Morgan fingerprint density at radius 2 is 2.10 bits per heavy atom. The quantitative estimate of drug-likeness (QED) is 0.805. The lowest BCUT2D eigenvalue weighted by Crippen LogP contribution is -2.24. The van der Waals surface area contributed by atoms with Gasteiger partial charge in [0.05, 0.1) is 0 Å². The van der Waals surface area contributed by atoms with E-state index in [4.69, 9.17) is 0 Å². The summed E-state index contributed by atoms with van der Waals surface area (Å²) in [5, 5.41) is 4.07. The van der Waals surface area contributed by atoms with Crippen molar-refractivity contribution in [3.05, 3.63) is 47.0 Å². The summed E-state index contributed by atoms with van der Waals surface area (Å²) in [5.74, 6) is 0.0166. The van der Waals surface area contributed by atoms with Crippen molar-refractivity contribution in [1.29, 1.82) is 0 Å². The maximum Gasteiger partial charge on any atom is 0.186 e. The van der Waals surface area contributed by atoms with Crippen molar-refractivity contribution in [2.45, 2.75) is 20.8 Å². The monoisotopic (exact) mass is 333 g/mol. The summed E-state index contributed by atoms with van der Waals surface area (Å²) in [6.45, 7) is 5.67. The summed E-state index contributed by atoms with van der Waals surface area (Å²) in [7, 11) is 0. The minimum atomic E-state index is -0.482. The Morgan fingerprint density at radius 1 is 1.35 bits per heavy atom. The molecule has 0 aliphatic rings. The van der Waals surface area contributed by atoms with Crippen LogP contribution in [0.4, 0.5) is 0 Å². The van der Waals surface area contributed by atoms with Gasteiger partial charge in [0.2, 0.25) is 0 Å². The van der Waals surface area contributed by atoms with Crippen molar-refractivity contribution in [2.75, 3.05) is 0 Å². The number of rotatable bonds is 3. The molecule has 0 saturated heterocycles. The number of carbonyl (C=O) groups is 1. The third-order valence-corrected chi connectivity index (χ3v) is 3.22. The lowest BCUT2D eigenvalue weighted by atomic mass is 9.88. The number of carbonyl (C=O) groups excluding carboxylic acids is 1. The molecule has 0 N–H and O–H groups in total. The van der Waals surface area contributed by atoms with Crippen LogP contribution in [0.15, 0.2) is 41.4 Å². The van der Waals surface area contributed by atoms with Crippen molar-refractivity contribution >= 4 is 33.5 Å². The number of Topliss-reactive ketones (excluding diaryl/α,β-unsaturated/α-hetero) is 1. The molecular weight excluding hydrogens is 318 g/mol. The van der Waals surface area contributed by atoms with E-state index < -0.39 is 5.41 Å². The Kier molecular flexibility index (Phi) is 4.18. The molecule has 0 atom stereocenters. The molecule has 0 aliphatic heterocycles. The second kappa shape index (κ2) is 5.71. The molecule has 0 bridgehead atoms. The molecule has 1 aromatic carbocycles. The van der Waals surface area contributed by atoms with Gasteiger partial charge < -0.3 is 0 Å². The molecule has 0 fully saturated rings. The van der Waals surface area contributed by atoms with Crippen molar-refractivity contribution in [2.24, 2.45) is 5.41 Å². The minimum Gasteiger partial charge on any atom is -0.292 e. The molecule has 0 saturated carbocycles. The highest BCUT2D eigenvalue weighted by molar-refractivity contribution is 9.10. The molecule has 20 heavy (non-hydrogen) atoms. The Balaban J connectivity index is 2.50. The van der Waals surface area contributed by atoms with Crippen LogP contribution in [0, 0.1) is 5.41 Å². The van der Waals surface area contributed by atoms with Crippen molar-refractivity contribution in [3.8, 4) is 0 Å². The third kappa shape index (κ3) is 3.42. The van der Waals surface area contributed by atoms with Gasteiger partial charge in [-0.25, -0.2) is 9.67 Å². The molecule has 0 spiro atoms. The van der Waals surface area contributed by atoms with E-state index >= 15 is 0 Å². The number of ketones is 1. The fourth-order valence-corrected chi connectivity index (χ4v) is 2.12. The zero-order valence-corrected chi connectivity index (χ0v) is 13.3. The van der Waals surface area contributed by atoms with Crippen LogP contribution in [0.1, 0.15) is 26.3 Å². The first kappa shape index (κ1) is 14.7. The van der Waals surface area contributed by atoms with Crippen LogP contribution in [0.5, 0.6) is 0 Å². The van der Waals surface area contributed by atoms with Gasteiger partial charge in [-0.15, -0.1) is 0 Å². The molecule has 1 aromatic heterocycles. The fraction of sp³-hybridized carbons (Fsp3) is 0.267. The zero-order chi connectivity index (χ0) is 14.8. The average molecular weight is 334 g/mol. The van der Waals surface area contributed by atoms with Crippen molar-refractivity contribution < 1.29 is 4.79 Å². The SMILES string of the molecule is CC(C)(C)C(=O)/C(=C/c1cccc(Br)c1)n1cncn1. The van der Waals surface area contributed by atoms with Gasteiger partial charge in [0.25, 0.3) is 0 Å². The number of allylic oxidation sites excluding steroid dienone is 1. The molecule has 0 unspecified atom stereocenters. The summed E-state index contributed by atoms with van der Waals surface area (Å²) in [6.07, 6.45) is 4.78. The number of halogens is 1. The Bertz CT molecular complexity index is 639. The summed E-state index contributed by atoms with van der Waals surface area (Å²) in [5.41, 5.74) is 0.958. The van der Waals surface area contributed by atoms with Gasteiger partial charge >= 0.3 is 0 Å². The lowest BCUT2D eigenvalue weighted by Gasteiger charge is -2.18. The summed E-state index contributed by atoms with van der Waals surface area (Å²) < 4.78 is 2.47. The zero-order valence-electron chi connectivity index (χ0n) is 11.7. The number of nitrogens with zero attached hydrogens (tertiary/aromatic N) is 3. The van der Waals surface area contributed by atoms with Gasteiger partial charge in [0.15, 0.2) is 5.78 Å². The summed E-state index contributed by atoms with van der Waals surface area (Å²) >= 11 is 3.43. The van der Waals surface area contributed by atoms with E-state index in [1.807, 2.05) is 51.1 Å². The smallest absolute Gasteiger partial charge is 0.186 e. The molecular formula is C15H16BrN3O. The molecule has 104 valence electrons. The first-order valence-corrected chi connectivity index (χ1v) is 7.04. The maximum atomic E-state index is 12.6. The van der Waals surface area contributed by atoms with E-state index in [-0.39, 0.29) is 5.78 Å². The van der Waals surface area contributed by atoms with E-state index in [1.54, 1.807) is 0 Å². The molecule has 4 nitrogen and oxygen atoms in total. The lowest BCUT2D eigenvalue weighted by molar-refractivity contribution is -0.120. The van der Waals surface area contributed by atoms with Gasteiger partial charge in [-0.2, -0.15) is 5.10 Å². The molecule has 0 radical (unpaired) electrons. The van der Waals surface area contributed by atoms with Gasteiger partial charge in [0, 0.05) is 9.89 Å². The molecule has 5 heteroatoms. The second-order valence-electron chi connectivity index (χ2n) is 5.50. The topological polar surface area (TPSA) is 47.8 Å². The Morgan fingerprint density at radius 3 is 2.65 bits per heavy atom. The highest BCUT2D eigenvalue weighted by Crippen LogP contribution is 2.24. The normalized spacial score (nSPS) is 12.5. The van der Waals surface area contributed by atoms with Crippen LogP contribution in [0.25, 0.3) is 11.8 Å². The van der Waals surface area contributed by atoms with Crippen LogP contribution in [-0.4, -0.2) is 20.5 Å². The minimum absolute atomic E-state index is 0.0166. The standard InChI is InChI=1S/C15H16BrN3O/c1-15(2,3)14(20)13(19-10-17-9-18-19)8-11-5-4-6-12(16)7-11/h4-10H,1-3H3/b13-8-. The summed E-state index contributed by atoms with van der Waals surface area (Å²) in [6, 6.07) is 7.76. The Labute approximate surface area is 126 Å². The van der Waals surface area contributed by atoms with E-state index in [1.165, 1.54) is 17.3 Å². The van der Waals surface area contributed by atoms with Crippen LogP contribution in [-0.2, 0) is 4.79 Å². The van der Waals surface area contributed by atoms with Crippen LogP contribution >= 0.6 is 15.9 Å². The van der Waals surface area contributed by atoms with Gasteiger partial charge in [-0.3, -0.25) is 4.79 Å². The molecule has 1 heterocycles. The van der Waals surface area contributed by atoms with E-state index in [9.17, 15) is 4.79 Å². The predicted molar refractivity (Wildman–Crippen MR) is 82.8 cm³/mol. The van der Waals surface area contributed by atoms with Crippen molar-refractivity contribution in [3.63, 3.8) is 0 Å². The van der Waals surface area contributed by atoms with Crippen LogP contribution < -0.4 is 0 Å². The first-order chi connectivity index (χ1) is 9.38. The highest BCUT2D eigenvalue weighted by Gasteiger charge is 2.26. The largest absolute Gasteiger partial charge is 0.292 e. The van der Waals surface area contributed by atoms with Crippen molar-refractivity contribution in [1.82, 2.24) is 14.8 Å². The van der Waals surface area contributed by atoms with Crippen LogP contribution in [0.2, 0.25) is 0 Å². The van der Waals surface area contributed by atoms with E-state index in [0.717, 1.165) is 10.0 Å². The van der Waals surface area contributed by atoms with Gasteiger partial charge in [-0.1, -0.05) is 48.8 Å². The fourth-order valence-electron chi connectivity index (χ4n) is 1.71. The Hall–Kier alpha value is -1.75. The number of aromatic nitrogens is 3. The molecule has 0 aliphatic carbocycles. The first-order valence-electron chi connectivity index (χ1n) is 6.25. The predicted octanol–water partition coefficient (Wildman–Crippen LogP) is 3.65. The molecule has 0 amide bonds.